The van der Waals surface area contributed by atoms with Gasteiger partial charge < -0.3 is 9.73 Å². The fourth-order valence-electron chi connectivity index (χ4n) is 2.33. The van der Waals surface area contributed by atoms with Crippen molar-refractivity contribution >= 4 is 5.91 Å². The summed E-state index contributed by atoms with van der Waals surface area (Å²) in [6.45, 7) is 0.490. The van der Waals surface area contributed by atoms with Gasteiger partial charge in [-0.3, -0.25) is 9.78 Å². The van der Waals surface area contributed by atoms with Crippen LogP contribution in [0.4, 0.5) is 0 Å². The molecule has 1 aromatic carbocycles. The first-order chi connectivity index (χ1) is 11.3. The molecular weight excluding hydrogens is 288 g/mol. The molecule has 0 spiro atoms. The molecule has 4 heteroatoms. The number of amides is 1. The Morgan fingerprint density at radius 3 is 2.70 bits per heavy atom. The number of carbonyl (C=O) groups is 1. The van der Waals surface area contributed by atoms with E-state index in [4.69, 9.17) is 4.42 Å². The van der Waals surface area contributed by atoms with Crippen LogP contribution in [0.5, 0.6) is 0 Å². The third-order valence-corrected chi connectivity index (χ3v) is 3.57. The molecule has 23 heavy (non-hydrogen) atoms. The number of nitrogens with one attached hydrogen (secondary N) is 1. The van der Waals surface area contributed by atoms with Gasteiger partial charge in [0.25, 0.3) is 0 Å². The number of benzene rings is 1. The Hall–Kier alpha value is -2.88. The van der Waals surface area contributed by atoms with Crippen molar-refractivity contribution in [1.29, 1.82) is 0 Å². The lowest BCUT2D eigenvalue weighted by molar-refractivity contribution is -0.121. The highest BCUT2D eigenvalue weighted by atomic mass is 16.3. The van der Waals surface area contributed by atoms with E-state index < -0.39 is 0 Å². The lowest BCUT2D eigenvalue weighted by atomic mass is 10.1. The van der Waals surface area contributed by atoms with Crippen molar-refractivity contribution in [3.05, 3.63) is 78.2 Å². The van der Waals surface area contributed by atoms with Crippen LogP contribution in [-0.4, -0.2) is 10.9 Å². The molecule has 1 amide bonds. The number of nitrogens with zero attached hydrogens (tertiary/aromatic N) is 1. The van der Waals surface area contributed by atoms with Gasteiger partial charge in [0.1, 0.15) is 5.69 Å². The Morgan fingerprint density at radius 2 is 1.91 bits per heavy atom. The number of hydrogen-bond donors (Lipinski definition) is 1. The van der Waals surface area contributed by atoms with Gasteiger partial charge in [-0.25, -0.2) is 0 Å². The van der Waals surface area contributed by atoms with Crippen LogP contribution in [0.2, 0.25) is 0 Å². The molecule has 0 aliphatic rings. The molecule has 0 radical (unpaired) electrons. The van der Waals surface area contributed by atoms with Crippen LogP contribution in [0.1, 0.15) is 17.5 Å². The molecule has 0 unspecified atom stereocenters. The highest BCUT2D eigenvalue weighted by molar-refractivity contribution is 5.76. The molecule has 0 aliphatic carbocycles. The van der Waals surface area contributed by atoms with Crippen LogP contribution in [0.25, 0.3) is 11.5 Å². The second-order valence-corrected chi connectivity index (χ2v) is 5.29. The second kappa shape index (κ2) is 7.40. The average Bonchev–Trinajstić information content (AvgIpc) is 3.14. The monoisotopic (exact) mass is 306 g/mol. The first-order valence-electron chi connectivity index (χ1n) is 7.61. The normalized spacial score (nSPS) is 10.4. The van der Waals surface area contributed by atoms with Crippen molar-refractivity contribution in [2.45, 2.75) is 19.4 Å². The molecule has 116 valence electrons. The topological polar surface area (TPSA) is 55.1 Å². The summed E-state index contributed by atoms with van der Waals surface area (Å²) in [6.07, 6.45) is 4.58. The highest BCUT2D eigenvalue weighted by Crippen LogP contribution is 2.17. The highest BCUT2D eigenvalue weighted by Gasteiger charge is 2.05. The van der Waals surface area contributed by atoms with Crippen molar-refractivity contribution in [1.82, 2.24) is 10.3 Å². The molecular formula is C19H18N2O2. The van der Waals surface area contributed by atoms with Gasteiger partial charge in [0, 0.05) is 19.2 Å². The van der Waals surface area contributed by atoms with Gasteiger partial charge in [-0.05, 0) is 41.8 Å². The summed E-state index contributed by atoms with van der Waals surface area (Å²) in [6, 6.07) is 17.5. The SMILES string of the molecule is O=C(CCc1ccccc1)NCc1ccnc(-c2ccco2)c1. The molecule has 2 aromatic heterocycles. The van der Waals surface area contributed by atoms with Crippen LogP contribution in [-0.2, 0) is 17.8 Å². The summed E-state index contributed by atoms with van der Waals surface area (Å²) in [5, 5.41) is 2.94. The standard InChI is InChI=1S/C19H18N2O2/c22-19(9-8-15-5-2-1-3-6-15)21-14-16-10-11-20-17(13-16)18-7-4-12-23-18/h1-7,10-13H,8-9,14H2,(H,21,22). The molecule has 1 N–H and O–H groups in total. The smallest absolute Gasteiger partial charge is 0.220 e. The number of pyridine rings is 1. The van der Waals surface area contributed by atoms with E-state index in [2.05, 4.69) is 10.3 Å². The molecule has 0 fully saturated rings. The predicted molar refractivity (Wildman–Crippen MR) is 88.5 cm³/mol. The Kier molecular flexibility index (Phi) is 4.84. The summed E-state index contributed by atoms with van der Waals surface area (Å²) in [7, 11) is 0. The van der Waals surface area contributed by atoms with E-state index >= 15 is 0 Å². The molecule has 3 rings (SSSR count). The van der Waals surface area contributed by atoms with Crippen LogP contribution in [0, 0.1) is 0 Å². The van der Waals surface area contributed by atoms with Gasteiger partial charge >= 0.3 is 0 Å². The fourth-order valence-corrected chi connectivity index (χ4v) is 2.33. The molecule has 0 atom stereocenters. The van der Waals surface area contributed by atoms with Crippen LogP contribution < -0.4 is 5.32 Å². The molecule has 2 heterocycles. The zero-order valence-corrected chi connectivity index (χ0v) is 12.7. The summed E-state index contributed by atoms with van der Waals surface area (Å²) in [5.74, 6) is 0.771. The minimum atomic E-state index is 0.0465. The van der Waals surface area contributed by atoms with Gasteiger partial charge in [0.2, 0.25) is 5.91 Å². The summed E-state index contributed by atoms with van der Waals surface area (Å²) in [4.78, 5) is 16.2. The van der Waals surface area contributed by atoms with E-state index in [9.17, 15) is 4.79 Å². The van der Waals surface area contributed by atoms with Crippen molar-refractivity contribution in [3.63, 3.8) is 0 Å². The van der Waals surface area contributed by atoms with E-state index in [0.717, 1.165) is 23.4 Å². The van der Waals surface area contributed by atoms with Crippen LogP contribution in [0.15, 0.2) is 71.5 Å². The van der Waals surface area contributed by atoms with Crippen LogP contribution in [0.3, 0.4) is 0 Å². The van der Waals surface area contributed by atoms with Gasteiger partial charge in [-0.15, -0.1) is 0 Å². The number of hydrogen-bond acceptors (Lipinski definition) is 3. The van der Waals surface area contributed by atoms with Gasteiger partial charge in [-0.1, -0.05) is 30.3 Å². The second-order valence-electron chi connectivity index (χ2n) is 5.29. The molecule has 0 saturated carbocycles. The van der Waals surface area contributed by atoms with Crippen molar-refractivity contribution in [2.24, 2.45) is 0 Å². The Morgan fingerprint density at radius 1 is 1.04 bits per heavy atom. The van der Waals surface area contributed by atoms with E-state index in [1.807, 2.05) is 54.6 Å². The minimum absolute atomic E-state index is 0.0465. The molecule has 0 saturated heterocycles. The van der Waals surface area contributed by atoms with Gasteiger partial charge in [0.15, 0.2) is 5.76 Å². The van der Waals surface area contributed by atoms with Crippen molar-refractivity contribution in [2.75, 3.05) is 0 Å². The maximum Gasteiger partial charge on any atom is 0.220 e. The Bertz CT molecular complexity index is 752. The molecule has 4 nitrogen and oxygen atoms in total. The molecule has 0 aliphatic heterocycles. The van der Waals surface area contributed by atoms with E-state index in [1.165, 1.54) is 5.56 Å². The van der Waals surface area contributed by atoms with Crippen molar-refractivity contribution in [3.8, 4) is 11.5 Å². The lowest BCUT2D eigenvalue weighted by Gasteiger charge is -2.06. The minimum Gasteiger partial charge on any atom is -0.463 e. The van der Waals surface area contributed by atoms with Gasteiger partial charge in [0.05, 0.1) is 6.26 Å². The lowest BCUT2D eigenvalue weighted by Crippen LogP contribution is -2.23. The largest absolute Gasteiger partial charge is 0.463 e. The van der Waals surface area contributed by atoms with E-state index in [-0.39, 0.29) is 5.91 Å². The van der Waals surface area contributed by atoms with Crippen LogP contribution >= 0.6 is 0 Å². The summed E-state index contributed by atoms with van der Waals surface area (Å²) >= 11 is 0. The van der Waals surface area contributed by atoms with Crippen molar-refractivity contribution < 1.29 is 9.21 Å². The molecule has 0 bridgehead atoms. The first-order valence-corrected chi connectivity index (χ1v) is 7.61. The predicted octanol–water partition coefficient (Wildman–Crippen LogP) is 3.59. The van der Waals surface area contributed by atoms with E-state index in [1.54, 1.807) is 12.5 Å². The zero-order valence-electron chi connectivity index (χ0n) is 12.7. The third kappa shape index (κ3) is 4.30. The average molecular weight is 306 g/mol. The number of aromatic nitrogens is 1. The first kappa shape index (κ1) is 15.0. The summed E-state index contributed by atoms with van der Waals surface area (Å²) in [5.41, 5.74) is 2.94. The third-order valence-electron chi connectivity index (χ3n) is 3.57. The Labute approximate surface area is 135 Å². The quantitative estimate of drug-likeness (QED) is 0.757. The van der Waals surface area contributed by atoms with E-state index in [0.29, 0.717) is 13.0 Å². The zero-order chi connectivity index (χ0) is 15.9. The fraction of sp³-hybridized carbons (Fsp3) is 0.158. The maximum atomic E-state index is 12.0. The number of furan rings is 1. The maximum absolute atomic E-state index is 12.0. The number of aryl methyl sites for hydroxylation is 1. The number of rotatable bonds is 6. The summed E-state index contributed by atoms with van der Waals surface area (Å²) < 4.78 is 5.34. The molecule has 3 aromatic rings. The number of carbonyl (C=O) groups excluding carboxylic acids is 1. The Balaban J connectivity index is 1.52. The van der Waals surface area contributed by atoms with Gasteiger partial charge in [-0.2, -0.15) is 0 Å².